The Morgan fingerprint density at radius 2 is 1.07 bits per heavy atom. The summed E-state index contributed by atoms with van der Waals surface area (Å²) in [4.78, 5) is 33.2. The molecule has 4 aromatic heterocycles. The monoisotopic (exact) mass is 738 g/mol. The van der Waals surface area contributed by atoms with Gasteiger partial charge in [0.05, 0.1) is 27.5 Å². The Balaban J connectivity index is 0.000000167. The van der Waals surface area contributed by atoms with Crippen LogP contribution in [0, 0.1) is 33.5 Å². The zero-order chi connectivity index (χ0) is 37.9. The number of hydrogen-bond acceptors (Lipinski definition) is 8. The van der Waals surface area contributed by atoms with E-state index in [1.54, 1.807) is 54.9 Å². The number of anilines is 2. The zero-order valence-electron chi connectivity index (χ0n) is 29.6. The highest BCUT2D eigenvalue weighted by molar-refractivity contribution is 6.34. The van der Waals surface area contributed by atoms with Crippen LogP contribution in [0.4, 0.5) is 16.0 Å². The van der Waals surface area contributed by atoms with Crippen molar-refractivity contribution in [1.29, 1.82) is 0 Å². The largest absolute Gasteiger partial charge is 0.356 e. The van der Waals surface area contributed by atoms with Crippen molar-refractivity contribution in [3.8, 4) is 22.3 Å². The summed E-state index contributed by atoms with van der Waals surface area (Å²) in [6.07, 6.45) is 3.38. The lowest BCUT2D eigenvalue weighted by Gasteiger charge is -2.09. The lowest BCUT2D eigenvalue weighted by Crippen LogP contribution is -2.14. The molecule has 0 saturated carbocycles. The Kier molecular flexibility index (Phi) is 9.97. The summed E-state index contributed by atoms with van der Waals surface area (Å²) in [7, 11) is 0. The molecule has 0 saturated heterocycles. The third-order valence-corrected chi connectivity index (χ3v) is 9.19. The maximum absolute atomic E-state index is 13.7. The van der Waals surface area contributed by atoms with Crippen molar-refractivity contribution < 1.29 is 23.0 Å². The fourth-order valence-electron chi connectivity index (χ4n) is 5.96. The van der Waals surface area contributed by atoms with Crippen LogP contribution in [0.25, 0.3) is 44.2 Å². The van der Waals surface area contributed by atoms with Gasteiger partial charge in [-0.25, -0.2) is 14.4 Å². The number of aryl methyl sites for hydroxylation is 4. The van der Waals surface area contributed by atoms with Crippen LogP contribution in [-0.4, -0.2) is 32.1 Å². The number of fused-ring (bicyclic) bond motifs is 2. The third-order valence-electron chi connectivity index (χ3n) is 8.86. The normalized spacial score (nSPS) is 10.9. The predicted octanol–water partition coefficient (Wildman–Crippen LogP) is 10.3. The van der Waals surface area contributed by atoms with Gasteiger partial charge in [-0.05, 0) is 123 Å². The van der Waals surface area contributed by atoms with Crippen LogP contribution < -0.4 is 10.6 Å². The highest BCUT2D eigenvalue weighted by Crippen LogP contribution is 2.31. The highest BCUT2D eigenvalue weighted by Gasteiger charge is 2.15. The molecule has 2 amide bonds. The number of nitrogens with one attached hydrogen (secondary N) is 2. The number of rotatable bonds is 6. The van der Waals surface area contributed by atoms with Gasteiger partial charge in [0.25, 0.3) is 11.8 Å². The molecule has 10 nitrogen and oxygen atoms in total. The van der Waals surface area contributed by atoms with Crippen molar-refractivity contribution in [1.82, 2.24) is 20.3 Å². The molecule has 12 heteroatoms. The molecular formula is C42H32ClFN6O4. The van der Waals surface area contributed by atoms with Crippen molar-refractivity contribution in [3.05, 3.63) is 154 Å². The number of amides is 2. The standard InChI is InChI=1S/C21H16ClN3O2.C21H16FN3O2/c2*1-12-9-17-13(2)25-27-19(17)10-16(12)14-7-8-20(23-11-14)24-21(26)15-5-3-4-6-18(15)22/h2*3-11H,1-2H3,(H,23,24,26). The summed E-state index contributed by atoms with van der Waals surface area (Å²) >= 11 is 6.06. The molecule has 0 atom stereocenters. The van der Waals surface area contributed by atoms with E-state index in [0.717, 1.165) is 61.1 Å². The number of carbonyl (C=O) groups excluding carboxylic acids is 2. The fraction of sp³-hybridized carbons (Fsp3) is 0.0952. The molecule has 0 aliphatic rings. The molecule has 0 fully saturated rings. The first-order valence-corrected chi connectivity index (χ1v) is 17.2. The minimum atomic E-state index is -0.571. The van der Waals surface area contributed by atoms with E-state index in [4.69, 9.17) is 20.6 Å². The first-order chi connectivity index (χ1) is 26.0. The average Bonchev–Trinajstić information content (AvgIpc) is 3.72. The van der Waals surface area contributed by atoms with Gasteiger partial charge in [-0.1, -0.05) is 46.2 Å². The van der Waals surface area contributed by atoms with Crippen LogP contribution in [-0.2, 0) is 0 Å². The van der Waals surface area contributed by atoms with E-state index in [-0.39, 0.29) is 11.5 Å². The Morgan fingerprint density at radius 3 is 1.54 bits per heavy atom. The smallest absolute Gasteiger partial charge is 0.259 e. The van der Waals surface area contributed by atoms with Crippen molar-refractivity contribution in [3.63, 3.8) is 0 Å². The van der Waals surface area contributed by atoms with Gasteiger partial charge < -0.3 is 19.7 Å². The van der Waals surface area contributed by atoms with Crippen molar-refractivity contribution in [2.45, 2.75) is 27.7 Å². The van der Waals surface area contributed by atoms with Gasteiger partial charge in [-0.2, -0.15) is 0 Å². The van der Waals surface area contributed by atoms with Crippen LogP contribution in [0.2, 0.25) is 5.02 Å². The minimum absolute atomic E-state index is 0.0228. The topological polar surface area (TPSA) is 136 Å². The fourth-order valence-corrected chi connectivity index (χ4v) is 6.18. The lowest BCUT2D eigenvalue weighted by molar-refractivity contribution is 0.101. The summed E-state index contributed by atoms with van der Waals surface area (Å²) in [5.41, 5.74) is 9.52. The van der Waals surface area contributed by atoms with Gasteiger partial charge in [0.2, 0.25) is 0 Å². The molecule has 0 unspecified atom stereocenters. The summed E-state index contributed by atoms with van der Waals surface area (Å²) in [5, 5.41) is 15.8. The number of aromatic nitrogens is 4. The first kappa shape index (κ1) is 35.7. The van der Waals surface area contributed by atoms with Gasteiger partial charge in [0.1, 0.15) is 17.5 Å². The Labute approximate surface area is 314 Å². The van der Waals surface area contributed by atoms with Crippen LogP contribution in [0.5, 0.6) is 0 Å². The van der Waals surface area contributed by atoms with Crippen LogP contribution >= 0.6 is 11.6 Å². The molecule has 8 rings (SSSR count). The molecule has 4 heterocycles. The highest BCUT2D eigenvalue weighted by atomic mass is 35.5. The van der Waals surface area contributed by atoms with Gasteiger partial charge in [0.15, 0.2) is 11.2 Å². The summed E-state index contributed by atoms with van der Waals surface area (Å²) in [5.74, 6) is -0.601. The Hall–Kier alpha value is -6.72. The quantitative estimate of drug-likeness (QED) is 0.172. The molecule has 268 valence electrons. The van der Waals surface area contributed by atoms with Gasteiger partial charge in [-0.15, -0.1) is 0 Å². The maximum Gasteiger partial charge on any atom is 0.259 e. The summed E-state index contributed by atoms with van der Waals surface area (Å²) in [6.45, 7) is 7.87. The molecular weight excluding hydrogens is 707 g/mol. The molecule has 4 aromatic carbocycles. The van der Waals surface area contributed by atoms with Gasteiger partial charge in [0, 0.05) is 34.3 Å². The molecule has 2 N–H and O–H groups in total. The molecule has 8 aromatic rings. The summed E-state index contributed by atoms with van der Waals surface area (Å²) < 4.78 is 24.4. The van der Waals surface area contributed by atoms with E-state index in [2.05, 4.69) is 37.0 Å². The SMILES string of the molecule is Cc1cc2c(C)noc2cc1-c1ccc(NC(=O)c2ccccc2Cl)nc1.Cc1cc2c(C)noc2cc1-c1ccc(NC(=O)c2ccccc2F)nc1. The number of nitrogens with zero attached hydrogens (tertiary/aromatic N) is 4. The van der Waals surface area contributed by atoms with Crippen LogP contribution in [0.15, 0.2) is 119 Å². The minimum Gasteiger partial charge on any atom is -0.356 e. The molecule has 0 aliphatic heterocycles. The number of benzene rings is 4. The first-order valence-electron chi connectivity index (χ1n) is 16.8. The van der Waals surface area contributed by atoms with Gasteiger partial charge >= 0.3 is 0 Å². The van der Waals surface area contributed by atoms with E-state index < -0.39 is 11.7 Å². The van der Waals surface area contributed by atoms with Gasteiger partial charge in [-0.3, -0.25) is 9.59 Å². The Morgan fingerprint density at radius 1 is 0.611 bits per heavy atom. The lowest BCUT2D eigenvalue weighted by atomic mass is 10.00. The number of hydrogen-bond donors (Lipinski definition) is 2. The number of halogens is 2. The van der Waals surface area contributed by atoms with E-state index in [9.17, 15) is 14.0 Å². The van der Waals surface area contributed by atoms with Crippen molar-refractivity contribution in [2.24, 2.45) is 0 Å². The Bertz CT molecular complexity index is 2490. The van der Waals surface area contributed by atoms with E-state index in [0.29, 0.717) is 27.8 Å². The van der Waals surface area contributed by atoms with Crippen LogP contribution in [0.1, 0.15) is 43.2 Å². The van der Waals surface area contributed by atoms with E-state index in [1.807, 2.05) is 58.0 Å². The second kappa shape index (κ2) is 15.1. The molecule has 0 bridgehead atoms. The van der Waals surface area contributed by atoms with E-state index >= 15 is 0 Å². The average molecular weight is 739 g/mol. The maximum atomic E-state index is 13.7. The van der Waals surface area contributed by atoms with Crippen LogP contribution in [0.3, 0.4) is 0 Å². The third kappa shape index (κ3) is 7.43. The molecule has 54 heavy (non-hydrogen) atoms. The second-order valence-electron chi connectivity index (χ2n) is 12.6. The summed E-state index contributed by atoms with van der Waals surface area (Å²) in [6, 6.07) is 27.9. The molecule has 0 spiro atoms. The zero-order valence-corrected chi connectivity index (χ0v) is 30.3. The predicted molar refractivity (Wildman–Crippen MR) is 207 cm³/mol. The molecule has 0 aliphatic carbocycles. The second-order valence-corrected chi connectivity index (χ2v) is 13.0. The number of pyridine rings is 2. The van der Waals surface area contributed by atoms with E-state index in [1.165, 1.54) is 18.2 Å². The van der Waals surface area contributed by atoms with Crippen molar-refractivity contribution >= 4 is 57.0 Å². The number of carbonyl (C=O) groups is 2. The molecule has 0 radical (unpaired) electrons. The van der Waals surface area contributed by atoms with Crippen molar-refractivity contribution in [2.75, 3.05) is 10.6 Å².